The van der Waals surface area contributed by atoms with Crippen LogP contribution in [-0.2, 0) is 18.0 Å². The summed E-state index contributed by atoms with van der Waals surface area (Å²) in [5, 5.41) is 10.5. The van der Waals surface area contributed by atoms with E-state index in [2.05, 4.69) is 22.2 Å². The van der Waals surface area contributed by atoms with E-state index in [0.717, 1.165) is 18.2 Å². The molecule has 0 spiro atoms. The van der Waals surface area contributed by atoms with Crippen LogP contribution in [0.3, 0.4) is 0 Å². The second kappa shape index (κ2) is 7.55. The van der Waals surface area contributed by atoms with Crippen molar-refractivity contribution in [2.45, 2.75) is 6.18 Å². The first kappa shape index (κ1) is 19.2. The van der Waals surface area contributed by atoms with E-state index in [1.165, 1.54) is 16.8 Å². The summed E-state index contributed by atoms with van der Waals surface area (Å²) in [4.78, 5) is 11.5. The smallest absolute Gasteiger partial charge is 0.416 e. The molecule has 0 fully saturated rings. The first-order chi connectivity index (χ1) is 13.3. The third kappa shape index (κ3) is 4.37. The zero-order valence-electron chi connectivity index (χ0n) is 14.7. The number of aromatic nitrogens is 3. The molecule has 28 heavy (non-hydrogen) atoms. The van der Waals surface area contributed by atoms with Crippen LogP contribution in [0.15, 0.2) is 61.3 Å². The maximum Gasteiger partial charge on any atom is 0.416 e. The van der Waals surface area contributed by atoms with Crippen LogP contribution < -0.4 is 10.1 Å². The summed E-state index contributed by atoms with van der Waals surface area (Å²) in [5.41, 5.74) is 0.691. The maximum absolute atomic E-state index is 12.7. The van der Waals surface area contributed by atoms with Crippen molar-refractivity contribution in [3.63, 3.8) is 0 Å². The number of amides is 1. The largest absolute Gasteiger partial charge is 0.457 e. The van der Waals surface area contributed by atoms with Crippen LogP contribution in [0.4, 0.5) is 18.9 Å². The minimum Gasteiger partial charge on any atom is -0.457 e. The third-order valence-corrected chi connectivity index (χ3v) is 3.72. The molecule has 1 heterocycles. The zero-order valence-corrected chi connectivity index (χ0v) is 14.7. The first-order valence-electron chi connectivity index (χ1n) is 8.05. The number of alkyl halides is 3. The molecule has 6 nitrogen and oxygen atoms in total. The molecular formula is C19H15F3N4O2. The number of hydrogen-bond donors (Lipinski definition) is 1. The molecule has 3 rings (SSSR count). The minimum absolute atomic E-state index is 0.223. The molecule has 144 valence electrons. The molecule has 0 aliphatic carbocycles. The number of nitrogens with one attached hydrogen (secondary N) is 1. The number of nitrogens with zero attached hydrogens (tertiary/aromatic N) is 3. The van der Waals surface area contributed by atoms with Crippen molar-refractivity contribution in [3.8, 4) is 22.8 Å². The Labute approximate surface area is 158 Å². The number of halogens is 3. The van der Waals surface area contributed by atoms with E-state index in [0.29, 0.717) is 22.7 Å². The lowest BCUT2D eigenvalue weighted by molar-refractivity contribution is -0.137. The molecule has 3 aromatic rings. The second-order valence-electron chi connectivity index (χ2n) is 5.81. The van der Waals surface area contributed by atoms with E-state index in [1.807, 2.05) is 0 Å². The lowest BCUT2D eigenvalue weighted by Crippen LogP contribution is -2.07. The Kier molecular flexibility index (Phi) is 5.16. The van der Waals surface area contributed by atoms with Gasteiger partial charge in [0.2, 0.25) is 5.91 Å². The summed E-state index contributed by atoms with van der Waals surface area (Å²) in [7, 11) is 1.69. The normalized spacial score (nSPS) is 11.1. The zero-order chi connectivity index (χ0) is 20.3. The van der Waals surface area contributed by atoms with E-state index in [9.17, 15) is 18.0 Å². The summed E-state index contributed by atoms with van der Waals surface area (Å²) in [6, 6.07) is 9.16. The molecule has 1 amide bonds. The molecule has 0 aliphatic rings. The van der Waals surface area contributed by atoms with Gasteiger partial charge in [0, 0.05) is 18.3 Å². The summed E-state index contributed by atoms with van der Waals surface area (Å²) in [6.45, 7) is 3.40. The molecule has 2 aromatic carbocycles. The molecule has 9 heteroatoms. The Balaban J connectivity index is 1.95. The number of rotatable bonds is 5. The number of aryl methyl sites for hydroxylation is 1. The fraction of sp³-hybridized carbons (Fsp3) is 0.105. The Hall–Kier alpha value is -3.62. The van der Waals surface area contributed by atoms with Gasteiger partial charge >= 0.3 is 6.18 Å². The van der Waals surface area contributed by atoms with Crippen LogP contribution in [-0.4, -0.2) is 20.9 Å². The van der Waals surface area contributed by atoms with Gasteiger partial charge in [0.1, 0.15) is 17.2 Å². The van der Waals surface area contributed by atoms with Gasteiger partial charge in [-0.1, -0.05) is 11.8 Å². The van der Waals surface area contributed by atoms with E-state index >= 15 is 0 Å². The lowest BCUT2D eigenvalue weighted by Gasteiger charge is -2.13. The second-order valence-corrected chi connectivity index (χ2v) is 5.81. The van der Waals surface area contributed by atoms with Gasteiger partial charge in [-0.25, -0.2) is 0 Å². The number of anilines is 1. The van der Waals surface area contributed by atoms with E-state index < -0.39 is 11.7 Å². The number of ether oxygens (including phenoxy) is 1. The molecule has 0 saturated heterocycles. The fourth-order valence-corrected chi connectivity index (χ4v) is 2.40. The summed E-state index contributed by atoms with van der Waals surface area (Å²) >= 11 is 0. The minimum atomic E-state index is -4.42. The first-order valence-corrected chi connectivity index (χ1v) is 8.05. The number of carbonyl (C=O) groups excluding carboxylic acids is 1. The molecule has 1 aromatic heterocycles. The van der Waals surface area contributed by atoms with E-state index in [-0.39, 0.29) is 11.7 Å². The molecule has 0 unspecified atom stereocenters. The third-order valence-electron chi connectivity index (χ3n) is 3.72. The van der Waals surface area contributed by atoms with Gasteiger partial charge in [-0.05, 0) is 48.5 Å². The fourth-order valence-electron chi connectivity index (χ4n) is 2.40. The molecule has 1 N–H and O–H groups in total. The summed E-state index contributed by atoms with van der Waals surface area (Å²) in [5.74, 6) is 0.180. The average Bonchev–Trinajstić information content (AvgIpc) is 3.08. The monoisotopic (exact) mass is 388 g/mol. The van der Waals surface area contributed by atoms with Crippen LogP contribution in [0.2, 0.25) is 0 Å². The van der Waals surface area contributed by atoms with Crippen molar-refractivity contribution >= 4 is 11.6 Å². The van der Waals surface area contributed by atoms with Gasteiger partial charge in [0.25, 0.3) is 0 Å². The van der Waals surface area contributed by atoms with Crippen LogP contribution in [0.1, 0.15) is 5.56 Å². The average molecular weight is 388 g/mol. The number of carbonyl (C=O) groups is 1. The van der Waals surface area contributed by atoms with Crippen molar-refractivity contribution in [1.82, 2.24) is 15.0 Å². The highest BCUT2D eigenvalue weighted by Gasteiger charge is 2.30. The molecule has 0 bridgehead atoms. The van der Waals surface area contributed by atoms with Gasteiger partial charge in [0.05, 0.1) is 11.8 Å². The maximum atomic E-state index is 12.7. The van der Waals surface area contributed by atoms with Crippen molar-refractivity contribution in [3.05, 3.63) is 66.9 Å². The molecular weight excluding hydrogens is 373 g/mol. The van der Waals surface area contributed by atoms with Crippen molar-refractivity contribution in [2.24, 2.45) is 7.05 Å². The van der Waals surface area contributed by atoms with Gasteiger partial charge < -0.3 is 10.1 Å². The van der Waals surface area contributed by atoms with Crippen molar-refractivity contribution in [1.29, 1.82) is 0 Å². The number of hydrogen-bond acceptors (Lipinski definition) is 4. The van der Waals surface area contributed by atoms with Gasteiger partial charge in [-0.15, -0.1) is 5.10 Å². The number of benzene rings is 2. The highest BCUT2D eigenvalue weighted by Crippen LogP contribution is 2.36. The predicted octanol–water partition coefficient (Wildman–Crippen LogP) is 4.42. The van der Waals surface area contributed by atoms with Crippen LogP contribution in [0.25, 0.3) is 11.3 Å². The molecule has 0 aliphatic heterocycles. The predicted molar refractivity (Wildman–Crippen MR) is 96.8 cm³/mol. The quantitative estimate of drug-likeness (QED) is 0.657. The van der Waals surface area contributed by atoms with E-state index in [1.54, 1.807) is 31.4 Å². The van der Waals surface area contributed by atoms with Crippen LogP contribution in [0, 0.1) is 0 Å². The standard InChI is InChI=1S/C19H15F3N4O2/c1-3-18(27)23-13-6-9-17(15(10-13)16-11-26(2)25-24-16)28-14-7-4-12(5-8-14)19(20,21)22/h3-11H,1H2,2H3,(H,23,27). The Bertz CT molecular complexity index is 1010. The highest BCUT2D eigenvalue weighted by atomic mass is 19.4. The van der Waals surface area contributed by atoms with Crippen LogP contribution in [0.5, 0.6) is 11.5 Å². The summed E-state index contributed by atoms with van der Waals surface area (Å²) in [6.07, 6.45) is -1.64. The van der Waals surface area contributed by atoms with Gasteiger partial charge in [-0.2, -0.15) is 13.2 Å². The van der Waals surface area contributed by atoms with Gasteiger partial charge in [-0.3, -0.25) is 9.48 Å². The van der Waals surface area contributed by atoms with Gasteiger partial charge in [0.15, 0.2) is 0 Å². The van der Waals surface area contributed by atoms with Crippen LogP contribution >= 0.6 is 0 Å². The molecule has 0 saturated carbocycles. The Morgan fingerprint density at radius 2 is 1.93 bits per heavy atom. The van der Waals surface area contributed by atoms with Crippen molar-refractivity contribution in [2.75, 3.05) is 5.32 Å². The molecule has 0 atom stereocenters. The Morgan fingerprint density at radius 1 is 1.21 bits per heavy atom. The molecule has 0 radical (unpaired) electrons. The SMILES string of the molecule is C=CC(=O)Nc1ccc(Oc2ccc(C(F)(F)F)cc2)c(-c2cn(C)nn2)c1. The highest BCUT2D eigenvalue weighted by molar-refractivity contribution is 5.99. The topological polar surface area (TPSA) is 69.0 Å². The summed E-state index contributed by atoms with van der Waals surface area (Å²) < 4.78 is 45.4. The lowest BCUT2D eigenvalue weighted by atomic mass is 10.1. The van der Waals surface area contributed by atoms with E-state index in [4.69, 9.17) is 4.74 Å². The van der Waals surface area contributed by atoms with Crippen molar-refractivity contribution < 1.29 is 22.7 Å². The Morgan fingerprint density at radius 3 is 2.50 bits per heavy atom.